The maximum atomic E-state index is 5.93. The van der Waals surface area contributed by atoms with Gasteiger partial charge in [0.1, 0.15) is 23.4 Å². The molecule has 1 unspecified atom stereocenters. The van der Waals surface area contributed by atoms with Crippen molar-refractivity contribution < 1.29 is 9.47 Å². The summed E-state index contributed by atoms with van der Waals surface area (Å²) < 4.78 is 11.7. The second-order valence-electron chi connectivity index (χ2n) is 5.50. The number of hydrogen-bond acceptors (Lipinski definition) is 3. The molecule has 0 aromatic heterocycles. The predicted octanol–water partition coefficient (Wildman–Crippen LogP) is 4.00. The molecule has 3 rings (SSSR count). The molecule has 0 radical (unpaired) electrons. The lowest BCUT2D eigenvalue weighted by atomic mass is 10.3. The summed E-state index contributed by atoms with van der Waals surface area (Å²) >= 11 is 0. The number of hydrogen-bond donors (Lipinski definition) is 1. The molecule has 0 spiro atoms. The Balaban J connectivity index is 1.57. The first-order valence-electron chi connectivity index (χ1n) is 7.52. The van der Waals surface area contributed by atoms with Crippen LogP contribution in [0.3, 0.4) is 0 Å². The van der Waals surface area contributed by atoms with E-state index in [0.717, 1.165) is 23.8 Å². The average molecular weight is 283 g/mol. The highest BCUT2D eigenvalue weighted by atomic mass is 16.5. The van der Waals surface area contributed by atoms with Gasteiger partial charge in [0, 0.05) is 18.7 Å². The van der Waals surface area contributed by atoms with Crippen molar-refractivity contribution >= 4 is 0 Å². The van der Waals surface area contributed by atoms with Crippen molar-refractivity contribution in [2.24, 2.45) is 0 Å². The first-order chi connectivity index (χ1) is 10.3. The zero-order valence-corrected chi connectivity index (χ0v) is 12.3. The molecule has 1 aliphatic rings. The molecular formula is C18H21NO2. The Bertz CT molecular complexity index is 566. The van der Waals surface area contributed by atoms with Crippen LogP contribution in [0.15, 0.2) is 54.6 Å². The van der Waals surface area contributed by atoms with Crippen LogP contribution >= 0.6 is 0 Å². The van der Waals surface area contributed by atoms with Crippen LogP contribution in [0.5, 0.6) is 17.2 Å². The lowest BCUT2D eigenvalue weighted by Crippen LogP contribution is -2.30. The van der Waals surface area contributed by atoms with Gasteiger partial charge >= 0.3 is 0 Å². The average Bonchev–Trinajstić information content (AvgIpc) is 3.31. The fraction of sp³-hybridized carbons (Fsp3) is 0.333. The van der Waals surface area contributed by atoms with Gasteiger partial charge in [-0.15, -0.1) is 0 Å². The monoisotopic (exact) mass is 283 g/mol. The Morgan fingerprint density at radius 1 is 1.00 bits per heavy atom. The van der Waals surface area contributed by atoms with Gasteiger partial charge in [-0.3, -0.25) is 0 Å². The minimum atomic E-state index is 0.151. The van der Waals surface area contributed by atoms with Crippen LogP contribution in [0.1, 0.15) is 19.8 Å². The van der Waals surface area contributed by atoms with E-state index in [1.807, 2.05) is 54.6 Å². The standard InChI is InChI=1S/C18H21NO2/c1-14(13-19-15-10-11-15)20-17-8-5-9-18(12-17)21-16-6-3-2-4-7-16/h2-9,12,14-15,19H,10-11,13H2,1H3. The third-order valence-electron chi connectivity index (χ3n) is 3.39. The molecule has 0 aliphatic heterocycles. The van der Waals surface area contributed by atoms with Crippen molar-refractivity contribution in [3.05, 3.63) is 54.6 Å². The zero-order valence-electron chi connectivity index (χ0n) is 12.3. The quantitative estimate of drug-likeness (QED) is 0.833. The highest BCUT2D eigenvalue weighted by molar-refractivity contribution is 5.36. The summed E-state index contributed by atoms with van der Waals surface area (Å²) in [5.41, 5.74) is 0. The molecule has 0 bridgehead atoms. The summed E-state index contributed by atoms with van der Waals surface area (Å²) in [7, 11) is 0. The fourth-order valence-corrected chi connectivity index (χ4v) is 2.13. The molecular weight excluding hydrogens is 262 g/mol. The Morgan fingerprint density at radius 3 is 2.48 bits per heavy atom. The maximum Gasteiger partial charge on any atom is 0.131 e. The second-order valence-corrected chi connectivity index (χ2v) is 5.50. The maximum absolute atomic E-state index is 5.93. The van der Waals surface area contributed by atoms with Crippen LogP contribution in [0, 0.1) is 0 Å². The summed E-state index contributed by atoms with van der Waals surface area (Å²) in [6.07, 6.45) is 2.75. The Hall–Kier alpha value is -2.00. The van der Waals surface area contributed by atoms with Crippen molar-refractivity contribution in [1.82, 2.24) is 5.32 Å². The molecule has 2 aromatic rings. The molecule has 1 N–H and O–H groups in total. The van der Waals surface area contributed by atoms with Gasteiger partial charge in [-0.2, -0.15) is 0 Å². The largest absolute Gasteiger partial charge is 0.489 e. The highest BCUT2D eigenvalue weighted by Gasteiger charge is 2.21. The van der Waals surface area contributed by atoms with Crippen molar-refractivity contribution in [2.75, 3.05) is 6.54 Å². The van der Waals surface area contributed by atoms with Crippen LogP contribution in [0.25, 0.3) is 0 Å². The molecule has 0 amide bonds. The molecule has 0 saturated heterocycles. The Morgan fingerprint density at radius 2 is 1.71 bits per heavy atom. The van der Waals surface area contributed by atoms with E-state index in [1.54, 1.807) is 0 Å². The van der Waals surface area contributed by atoms with E-state index in [9.17, 15) is 0 Å². The second kappa shape index (κ2) is 6.64. The molecule has 1 atom stereocenters. The van der Waals surface area contributed by atoms with Gasteiger partial charge in [0.25, 0.3) is 0 Å². The van der Waals surface area contributed by atoms with E-state index in [-0.39, 0.29) is 6.10 Å². The number of rotatable bonds is 7. The molecule has 110 valence electrons. The molecule has 3 nitrogen and oxygen atoms in total. The van der Waals surface area contributed by atoms with E-state index in [1.165, 1.54) is 12.8 Å². The molecule has 0 heterocycles. The van der Waals surface area contributed by atoms with E-state index < -0.39 is 0 Å². The lowest BCUT2D eigenvalue weighted by Gasteiger charge is -2.16. The molecule has 1 aliphatic carbocycles. The highest BCUT2D eigenvalue weighted by Crippen LogP contribution is 2.25. The Labute approximate surface area is 125 Å². The number of nitrogens with one attached hydrogen (secondary N) is 1. The van der Waals surface area contributed by atoms with E-state index in [2.05, 4.69) is 12.2 Å². The van der Waals surface area contributed by atoms with Gasteiger partial charge in [0.2, 0.25) is 0 Å². The summed E-state index contributed by atoms with van der Waals surface area (Å²) in [6.45, 7) is 2.97. The van der Waals surface area contributed by atoms with Crippen molar-refractivity contribution in [2.45, 2.75) is 31.9 Å². The van der Waals surface area contributed by atoms with Crippen LogP contribution in [-0.2, 0) is 0 Å². The SMILES string of the molecule is CC(CNC1CC1)Oc1cccc(Oc2ccccc2)c1. The summed E-state index contributed by atoms with van der Waals surface area (Å²) in [5.74, 6) is 2.47. The van der Waals surface area contributed by atoms with Crippen molar-refractivity contribution in [1.29, 1.82) is 0 Å². The molecule has 2 aromatic carbocycles. The van der Waals surface area contributed by atoms with Gasteiger partial charge in [-0.05, 0) is 44.0 Å². The number of ether oxygens (including phenoxy) is 2. The zero-order chi connectivity index (χ0) is 14.5. The number of benzene rings is 2. The summed E-state index contributed by atoms with van der Waals surface area (Å²) in [6, 6.07) is 18.3. The molecule has 1 saturated carbocycles. The smallest absolute Gasteiger partial charge is 0.131 e. The van der Waals surface area contributed by atoms with Crippen LogP contribution in [-0.4, -0.2) is 18.7 Å². The third-order valence-corrected chi connectivity index (χ3v) is 3.39. The van der Waals surface area contributed by atoms with Crippen LogP contribution in [0.4, 0.5) is 0 Å². The van der Waals surface area contributed by atoms with Gasteiger partial charge in [0.05, 0.1) is 0 Å². The van der Waals surface area contributed by atoms with Gasteiger partial charge in [0.15, 0.2) is 0 Å². The minimum absolute atomic E-state index is 0.151. The molecule has 3 heteroatoms. The first kappa shape index (κ1) is 14.0. The first-order valence-corrected chi connectivity index (χ1v) is 7.52. The fourth-order valence-electron chi connectivity index (χ4n) is 2.13. The third kappa shape index (κ3) is 4.50. The van der Waals surface area contributed by atoms with Gasteiger partial charge < -0.3 is 14.8 Å². The van der Waals surface area contributed by atoms with Crippen LogP contribution in [0.2, 0.25) is 0 Å². The van der Waals surface area contributed by atoms with Gasteiger partial charge in [-0.25, -0.2) is 0 Å². The van der Waals surface area contributed by atoms with Crippen molar-refractivity contribution in [3.63, 3.8) is 0 Å². The summed E-state index contributed by atoms with van der Waals surface area (Å²) in [5, 5.41) is 3.47. The minimum Gasteiger partial charge on any atom is -0.489 e. The van der Waals surface area contributed by atoms with E-state index in [4.69, 9.17) is 9.47 Å². The van der Waals surface area contributed by atoms with Crippen molar-refractivity contribution in [3.8, 4) is 17.2 Å². The lowest BCUT2D eigenvalue weighted by molar-refractivity contribution is 0.216. The Kier molecular flexibility index (Phi) is 4.41. The van der Waals surface area contributed by atoms with Crippen LogP contribution < -0.4 is 14.8 Å². The van der Waals surface area contributed by atoms with Gasteiger partial charge in [-0.1, -0.05) is 24.3 Å². The normalized spacial score (nSPS) is 15.5. The van der Waals surface area contributed by atoms with E-state index >= 15 is 0 Å². The summed E-state index contributed by atoms with van der Waals surface area (Å²) in [4.78, 5) is 0. The molecule has 1 fully saturated rings. The topological polar surface area (TPSA) is 30.5 Å². The molecule has 21 heavy (non-hydrogen) atoms. The predicted molar refractivity (Wildman–Crippen MR) is 84.1 cm³/mol. The number of para-hydroxylation sites is 1. The van der Waals surface area contributed by atoms with E-state index in [0.29, 0.717) is 6.04 Å².